The number of para-hydroxylation sites is 1. The van der Waals surface area contributed by atoms with E-state index in [-0.39, 0.29) is 17.9 Å². The number of hydrogen-bond acceptors (Lipinski definition) is 4. The summed E-state index contributed by atoms with van der Waals surface area (Å²) in [7, 11) is 0. The third-order valence-corrected chi connectivity index (χ3v) is 4.38. The summed E-state index contributed by atoms with van der Waals surface area (Å²) in [4.78, 5) is 13.9. The Labute approximate surface area is 130 Å². The zero-order chi connectivity index (χ0) is 15.5. The average Bonchev–Trinajstić information content (AvgIpc) is 3.40. The van der Waals surface area contributed by atoms with Gasteiger partial charge in [0.25, 0.3) is 0 Å². The van der Waals surface area contributed by atoms with Crippen LogP contribution in [-0.2, 0) is 4.79 Å². The van der Waals surface area contributed by atoms with Crippen molar-refractivity contribution in [1.29, 1.82) is 10.5 Å². The number of piperidine rings is 1. The molecule has 1 N–H and O–H groups in total. The SMILES string of the molecule is N#Cc1cccc(C#N)c1N1CCC(NC(=O)C2CC2)CC1. The van der Waals surface area contributed by atoms with Crippen LogP contribution in [0.1, 0.15) is 36.8 Å². The van der Waals surface area contributed by atoms with Crippen molar-refractivity contribution in [2.75, 3.05) is 18.0 Å². The minimum atomic E-state index is 0.189. The van der Waals surface area contributed by atoms with Gasteiger partial charge in [0.1, 0.15) is 12.1 Å². The predicted molar refractivity (Wildman–Crippen MR) is 82.0 cm³/mol. The van der Waals surface area contributed by atoms with Crippen LogP contribution >= 0.6 is 0 Å². The molecule has 0 bridgehead atoms. The highest BCUT2D eigenvalue weighted by Crippen LogP contribution is 2.30. The van der Waals surface area contributed by atoms with E-state index in [4.69, 9.17) is 0 Å². The van der Waals surface area contributed by atoms with Gasteiger partial charge in [0.05, 0.1) is 16.8 Å². The molecule has 1 amide bonds. The maximum atomic E-state index is 11.8. The molecule has 0 spiro atoms. The quantitative estimate of drug-likeness (QED) is 0.923. The molecule has 22 heavy (non-hydrogen) atoms. The van der Waals surface area contributed by atoms with E-state index in [1.54, 1.807) is 18.2 Å². The standard InChI is InChI=1S/C17H18N4O/c18-10-13-2-1-3-14(11-19)16(13)21-8-6-15(7-9-21)20-17(22)12-4-5-12/h1-3,12,15H,4-9H2,(H,20,22). The number of amides is 1. The molecule has 0 radical (unpaired) electrons. The first-order chi connectivity index (χ1) is 10.7. The topological polar surface area (TPSA) is 79.9 Å². The Morgan fingerprint density at radius 1 is 1.09 bits per heavy atom. The zero-order valence-electron chi connectivity index (χ0n) is 12.4. The van der Waals surface area contributed by atoms with Crippen molar-refractivity contribution < 1.29 is 4.79 Å². The minimum Gasteiger partial charge on any atom is -0.369 e. The van der Waals surface area contributed by atoms with Crippen molar-refractivity contribution in [3.8, 4) is 12.1 Å². The van der Waals surface area contributed by atoms with Crippen LogP contribution in [0.5, 0.6) is 0 Å². The largest absolute Gasteiger partial charge is 0.369 e. The van der Waals surface area contributed by atoms with Crippen LogP contribution in [0, 0.1) is 28.6 Å². The molecule has 1 aliphatic heterocycles. The van der Waals surface area contributed by atoms with E-state index in [9.17, 15) is 15.3 Å². The molecule has 5 nitrogen and oxygen atoms in total. The Hall–Kier alpha value is -2.53. The molecule has 1 saturated carbocycles. The van der Waals surface area contributed by atoms with E-state index < -0.39 is 0 Å². The summed E-state index contributed by atoms with van der Waals surface area (Å²) in [5.74, 6) is 0.427. The van der Waals surface area contributed by atoms with Crippen LogP contribution in [-0.4, -0.2) is 25.0 Å². The van der Waals surface area contributed by atoms with Crippen LogP contribution in [0.3, 0.4) is 0 Å². The van der Waals surface area contributed by atoms with Gasteiger partial charge >= 0.3 is 0 Å². The number of rotatable bonds is 3. The van der Waals surface area contributed by atoms with Crippen LogP contribution in [0.2, 0.25) is 0 Å². The van der Waals surface area contributed by atoms with Crippen LogP contribution in [0.25, 0.3) is 0 Å². The molecule has 0 aromatic heterocycles. The maximum absolute atomic E-state index is 11.8. The van der Waals surface area contributed by atoms with Gasteiger partial charge in [0.15, 0.2) is 0 Å². The van der Waals surface area contributed by atoms with Crippen LogP contribution in [0.4, 0.5) is 5.69 Å². The first-order valence-corrected chi connectivity index (χ1v) is 7.71. The molecule has 112 valence electrons. The van der Waals surface area contributed by atoms with E-state index >= 15 is 0 Å². The number of benzene rings is 1. The predicted octanol–water partition coefficient (Wildman–Crippen LogP) is 1.92. The van der Waals surface area contributed by atoms with Gasteiger partial charge in [-0.05, 0) is 37.8 Å². The summed E-state index contributed by atoms with van der Waals surface area (Å²) < 4.78 is 0. The van der Waals surface area contributed by atoms with Gasteiger partial charge in [-0.1, -0.05) is 6.07 Å². The van der Waals surface area contributed by atoms with Gasteiger partial charge < -0.3 is 10.2 Å². The van der Waals surface area contributed by atoms with E-state index in [2.05, 4.69) is 22.4 Å². The highest BCUT2D eigenvalue weighted by molar-refractivity contribution is 5.81. The van der Waals surface area contributed by atoms with Crippen LogP contribution < -0.4 is 10.2 Å². The highest BCUT2D eigenvalue weighted by atomic mass is 16.2. The second-order valence-corrected chi connectivity index (χ2v) is 5.97. The number of nitrogens with one attached hydrogen (secondary N) is 1. The number of nitrogens with zero attached hydrogens (tertiary/aromatic N) is 3. The summed E-state index contributed by atoms with van der Waals surface area (Å²) in [6, 6.07) is 9.79. The number of carbonyl (C=O) groups is 1. The van der Waals surface area contributed by atoms with Gasteiger partial charge in [-0.15, -0.1) is 0 Å². The van der Waals surface area contributed by atoms with Crippen molar-refractivity contribution in [2.45, 2.75) is 31.7 Å². The number of carbonyl (C=O) groups excluding carboxylic acids is 1. The molecule has 1 aliphatic carbocycles. The highest BCUT2D eigenvalue weighted by Gasteiger charge is 2.32. The smallest absolute Gasteiger partial charge is 0.223 e. The van der Waals surface area contributed by atoms with Crippen molar-refractivity contribution in [3.63, 3.8) is 0 Å². The fourth-order valence-electron chi connectivity index (χ4n) is 2.98. The molecule has 1 heterocycles. The molecule has 0 atom stereocenters. The maximum Gasteiger partial charge on any atom is 0.223 e. The summed E-state index contributed by atoms with van der Waals surface area (Å²) >= 11 is 0. The molecule has 5 heteroatoms. The minimum absolute atomic E-state index is 0.189. The Morgan fingerprint density at radius 2 is 1.68 bits per heavy atom. The van der Waals surface area contributed by atoms with Crippen LogP contribution in [0.15, 0.2) is 18.2 Å². The normalized spacial score (nSPS) is 18.4. The van der Waals surface area contributed by atoms with Crippen molar-refractivity contribution >= 4 is 11.6 Å². The lowest BCUT2D eigenvalue weighted by atomic mass is 10.0. The van der Waals surface area contributed by atoms with Crippen molar-refractivity contribution in [3.05, 3.63) is 29.3 Å². The van der Waals surface area contributed by atoms with Crippen molar-refractivity contribution in [1.82, 2.24) is 5.32 Å². The van der Waals surface area contributed by atoms with E-state index in [1.807, 2.05) is 0 Å². The zero-order valence-corrected chi connectivity index (χ0v) is 12.4. The molecular formula is C17H18N4O. The molecule has 1 aromatic carbocycles. The fourth-order valence-corrected chi connectivity index (χ4v) is 2.98. The molecule has 3 rings (SSSR count). The fraction of sp³-hybridized carbons (Fsp3) is 0.471. The van der Waals surface area contributed by atoms with E-state index in [0.29, 0.717) is 11.1 Å². The third kappa shape index (κ3) is 2.89. The van der Waals surface area contributed by atoms with Gasteiger partial charge in [-0.2, -0.15) is 10.5 Å². The van der Waals surface area contributed by atoms with Gasteiger partial charge in [0.2, 0.25) is 5.91 Å². The number of hydrogen-bond donors (Lipinski definition) is 1. The van der Waals surface area contributed by atoms with Gasteiger partial charge in [0, 0.05) is 25.0 Å². The Kier molecular flexibility index (Phi) is 3.98. The molecule has 0 unspecified atom stereocenters. The molecule has 2 fully saturated rings. The first kappa shape index (κ1) is 14.4. The second-order valence-electron chi connectivity index (χ2n) is 5.97. The Morgan fingerprint density at radius 3 is 2.18 bits per heavy atom. The Balaban J connectivity index is 1.68. The summed E-state index contributed by atoms with van der Waals surface area (Å²) in [6.07, 6.45) is 3.74. The lowest BCUT2D eigenvalue weighted by Crippen LogP contribution is -2.45. The molecular weight excluding hydrogens is 276 g/mol. The monoisotopic (exact) mass is 294 g/mol. The number of anilines is 1. The molecule has 2 aliphatic rings. The van der Waals surface area contributed by atoms with E-state index in [1.165, 1.54) is 0 Å². The summed E-state index contributed by atoms with van der Waals surface area (Å²) in [6.45, 7) is 1.51. The third-order valence-electron chi connectivity index (χ3n) is 4.38. The summed E-state index contributed by atoms with van der Waals surface area (Å²) in [5.41, 5.74) is 1.82. The lowest BCUT2D eigenvalue weighted by Gasteiger charge is -2.34. The van der Waals surface area contributed by atoms with Gasteiger partial charge in [-0.3, -0.25) is 4.79 Å². The lowest BCUT2D eigenvalue weighted by molar-refractivity contribution is -0.123. The van der Waals surface area contributed by atoms with E-state index in [0.717, 1.165) is 44.5 Å². The first-order valence-electron chi connectivity index (χ1n) is 7.71. The molecule has 1 saturated heterocycles. The molecule has 1 aromatic rings. The summed E-state index contributed by atoms with van der Waals surface area (Å²) in [5, 5.41) is 21.6. The van der Waals surface area contributed by atoms with Gasteiger partial charge in [-0.25, -0.2) is 0 Å². The van der Waals surface area contributed by atoms with Crippen molar-refractivity contribution in [2.24, 2.45) is 5.92 Å². The Bertz CT molecular complexity index is 626. The average molecular weight is 294 g/mol. The number of nitriles is 2. The second kappa shape index (κ2) is 6.07.